The van der Waals surface area contributed by atoms with E-state index >= 15 is 0 Å². The number of rotatable bonds is 5. The summed E-state index contributed by atoms with van der Waals surface area (Å²) in [5.41, 5.74) is 3.03. The predicted octanol–water partition coefficient (Wildman–Crippen LogP) is 4.36. The fourth-order valence-corrected chi connectivity index (χ4v) is 2.85. The average molecular weight is 360 g/mol. The minimum absolute atomic E-state index is 0.180. The summed E-state index contributed by atoms with van der Waals surface area (Å²) in [6.45, 7) is 0.457. The van der Waals surface area contributed by atoms with Crippen LogP contribution < -0.4 is 5.32 Å². The van der Waals surface area contributed by atoms with Gasteiger partial charge in [0.25, 0.3) is 5.91 Å². The van der Waals surface area contributed by atoms with E-state index in [-0.39, 0.29) is 5.91 Å². The summed E-state index contributed by atoms with van der Waals surface area (Å²) in [6.07, 6.45) is 2.13. The Morgan fingerprint density at radius 1 is 1.08 bits per heavy atom. The molecular formula is C18H15Cl2N3O. The van der Waals surface area contributed by atoms with Gasteiger partial charge in [0, 0.05) is 12.1 Å². The van der Waals surface area contributed by atoms with Crippen molar-refractivity contribution in [3.05, 3.63) is 75.9 Å². The van der Waals surface area contributed by atoms with Crippen molar-refractivity contribution in [3.8, 4) is 11.3 Å². The van der Waals surface area contributed by atoms with Crippen LogP contribution in [0.1, 0.15) is 15.9 Å². The lowest BCUT2D eigenvalue weighted by Crippen LogP contribution is -2.25. The van der Waals surface area contributed by atoms with E-state index in [2.05, 4.69) is 15.5 Å². The topological polar surface area (TPSA) is 57.8 Å². The van der Waals surface area contributed by atoms with Crippen molar-refractivity contribution in [1.82, 2.24) is 15.5 Å². The number of halogens is 2. The largest absolute Gasteiger partial charge is 0.352 e. The van der Waals surface area contributed by atoms with Gasteiger partial charge in [0.15, 0.2) is 0 Å². The van der Waals surface area contributed by atoms with Gasteiger partial charge >= 0.3 is 0 Å². The number of aromatic amines is 1. The lowest BCUT2D eigenvalue weighted by molar-refractivity contribution is 0.0955. The van der Waals surface area contributed by atoms with Crippen molar-refractivity contribution in [2.75, 3.05) is 6.54 Å². The fourth-order valence-electron chi connectivity index (χ4n) is 2.43. The number of carbonyl (C=O) groups excluding carboxylic acids is 1. The summed E-state index contributed by atoms with van der Waals surface area (Å²) in [5, 5.41) is 10.8. The highest BCUT2D eigenvalue weighted by atomic mass is 35.5. The van der Waals surface area contributed by atoms with Gasteiger partial charge in [-0.3, -0.25) is 9.89 Å². The Morgan fingerprint density at radius 3 is 2.67 bits per heavy atom. The molecule has 0 unspecified atom stereocenters. The van der Waals surface area contributed by atoms with E-state index < -0.39 is 0 Å². The zero-order valence-corrected chi connectivity index (χ0v) is 14.2. The molecule has 0 bridgehead atoms. The second kappa shape index (κ2) is 7.51. The molecule has 6 heteroatoms. The maximum atomic E-state index is 12.4. The lowest BCUT2D eigenvalue weighted by atomic mass is 10.1. The van der Waals surface area contributed by atoms with Crippen molar-refractivity contribution < 1.29 is 4.79 Å². The first-order valence-electron chi connectivity index (χ1n) is 7.46. The number of carbonyl (C=O) groups is 1. The van der Waals surface area contributed by atoms with Crippen LogP contribution >= 0.6 is 23.2 Å². The molecule has 0 aliphatic carbocycles. The van der Waals surface area contributed by atoms with Gasteiger partial charge in [-0.15, -0.1) is 0 Å². The normalized spacial score (nSPS) is 10.6. The molecule has 0 atom stereocenters. The summed E-state index contributed by atoms with van der Waals surface area (Å²) in [4.78, 5) is 12.4. The molecule has 0 saturated heterocycles. The highest BCUT2D eigenvalue weighted by molar-refractivity contribution is 6.42. The monoisotopic (exact) mass is 359 g/mol. The van der Waals surface area contributed by atoms with Crippen molar-refractivity contribution >= 4 is 29.1 Å². The summed E-state index contributed by atoms with van der Waals surface area (Å²) in [5.74, 6) is -0.180. The van der Waals surface area contributed by atoms with E-state index in [9.17, 15) is 4.79 Å². The molecule has 0 fully saturated rings. The maximum Gasteiger partial charge on any atom is 0.255 e. The molecule has 0 aliphatic rings. The van der Waals surface area contributed by atoms with Crippen molar-refractivity contribution in [2.45, 2.75) is 6.42 Å². The third kappa shape index (κ3) is 3.61. The first kappa shape index (κ1) is 16.6. The third-order valence-electron chi connectivity index (χ3n) is 3.66. The van der Waals surface area contributed by atoms with Crippen LogP contribution in [-0.4, -0.2) is 22.6 Å². The molecule has 1 heterocycles. The van der Waals surface area contributed by atoms with Gasteiger partial charge in [-0.2, -0.15) is 5.10 Å². The van der Waals surface area contributed by atoms with E-state index in [1.165, 1.54) is 6.20 Å². The quantitative estimate of drug-likeness (QED) is 0.711. The van der Waals surface area contributed by atoms with Gasteiger partial charge in [0.2, 0.25) is 0 Å². The van der Waals surface area contributed by atoms with Crippen LogP contribution in [0.3, 0.4) is 0 Å². The van der Waals surface area contributed by atoms with Gasteiger partial charge in [-0.25, -0.2) is 0 Å². The Bertz CT molecular complexity index is 846. The zero-order chi connectivity index (χ0) is 16.9. The number of hydrogen-bond donors (Lipinski definition) is 2. The van der Waals surface area contributed by atoms with Gasteiger partial charge in [-0.1, -0.05) is 65.7 Å². The summed E-state index contributed by atoms with van der Waals surface area (Å²) in [6, 6.07) is 15.1. The van der Waals surface area contributed by atoms with Crippen molar-refractivity contribution in [2.24, 2.45) is 0 Å². The Kier molecular flexibility index (Phi) is 5.18. The first-order chi connectivity index (χ1) is 11.7. The molecule has 3 rings (SSSR count). The van der Waals surface area contributed by atoms with Gasteiger partial charge in [0.05, 0.1) is 27.5 Å². The molecule has 2 aromatic carbocycles. The minimum Gasteiger partial charge on any atom is -0.352 e. The molecule has 4 nitrogen and oxygen atoms in total. The Labute approximate surface area is 149 Å². The zero-order valence-electron chi connectivity index (χ0n) is 12.7. The van der Waals surface area contributed by atoms with Crippen LogP contribution in [0.5, 0.6) is 0 Å². The van der Waals surface area contributed by atoms with Crippen molar-refractivity contribution in [1.29, 1.82) is 0 Å². The number of aromatic nitrogens is 2. The van der Waals surface area contributed by atoms with Crippen LogP contribution in [0, 0.1) is 0 Å². The van der Waals surface area contributed by atoms with Crippen LogP contribution in [0.25, 0.3) is 11.3 Å². The van der Waals surface area contributed by atoms with E-state index in [0.717, 1.165) is 11.1 Å². The minimum atomic E-state index is -0.180. The molecule has 3 aromatic rings. The van der Waals surface area contributed by atoms with Crippen LogP contribution in [-0.2, 0) is 6.42 Å². The first-order valence-corrected chi connectivity index (χ1v) is 8.22. The number of amides is 1. The Hall–Kier alpha value is -2.30. The Balaban J connectivity index is 1.66. The lowest BCUT2D eigenvalue weighted by Gasteiger charge is -2.08. The van der Waals surface area contributed by atoms with Gasteiger partial charge in [0.1, 0.15) is 0 Å². The molecule has 0 spiro atoms. The molecular weight excluding hydrogens is 345 g/mol. The van der Waals surface area contributed by atoms with Gasteiger partial charge in [-0.05, 0) is 18.1 Å². The van der Waals surface area contributed by atoms with E-state index in [0.29, 0.717) is 34.3 Å². The van der Waals surface area contributed by atoms with Crippen LogP contribution in [0.2, 0.25) is 10.0 Å². The Morgan fingerprint density at radius 2 is 1.88 bits per heavy atom. The smallest absolute Gasteiger partial charge is 0.255 e. The second-order valence-corrected chi connectivity index (χ2v) is 6.03. The second-order valence-electron chi connectivity index (χ2n) is 5.24. The third-order valence-corrected chi connectivity index (χ3v) is 4.52. The molecule has 24 heavy (non-hydrogen) atoms. The summed E-state index contributed by atoms with van der Waals surface area (Å²) in [7, 11) is 0. The van der Waals surface area contributed by atoms with Crippen LogP contribution in [0.15, 0.2) is 54.7 Å². The number of benzene rings is 2. The van der Waals surface area contributed by atoms with Gasteiger partial charge < -0.3 is 5.32 Å². The predicted molar refractivity (Wildman–Crippen MR) is 96.5 cm³/mol. The number of hydrogen-bond acceptors (Lipinski definition) is 2. The maximum absolute atomic E-state index is 12.4. The van der Waals surface area contributed by atoms with Crippen molar-refractivity contribution in [3.63, 3.8) is 0 Å². The molecule has 1 amide bonds. The van der Waals surface area contributed by atoms with E-state index in [1.807, 2.05) is 42.5 Å². The average Bonchev–Trinajstić information content (AvgIpc) is 3.09. The molecule has 0 radical (unpaired) electrons. The molecule has 122 valence electrons. The number of nitrogens with one attached hydrogen (secondary N) is 2. The summed E-state index contributed by atoms with van der Waals surface area (Å²) >= 11 is 12.1. The fraction of sp³-hybridized carbons (Fsp3) is 0.111. The molecule has 2 N–H and O–H groups in total. The van der Waals surface area contributed by atoms with E-state index in [1.54, 1.807) is 6.07 Å². The highest BCUT2D eigenvalue weighted by Gasteiger charge is 2.15. The highest BCUT2D eigenvalue weighted by Crippen LogP contribution is 2.25. The molecule has 1 aromatic heterocycles. The summed E-state index contributed by atoms with van der Waals surface area (Å²) < 4.78 is 0. The van der Waals surface area contributed by atoms with Crippen LogP contribution in [0.4, 0.5) is 0 Å². The molecule has 0 saturated carbocycles. The number of nitrogens with zero attached hydrogens (tertiary/aromatic N) is 1. The molecule has 0 aliphatic heterocycles. The SMILES string of the molecule is O=C(NCCc1cccc(Cl)c1Cl)c1cn[nH]c1-c1ccccc1. The van der Waals surface area contributed by atoms with E-state index in [4.69, 9.17) is 23.2 Å². The number of H-pyrrole nitrogens is 1. The standard InChI is InChI=1S/C18H15Cl2N3O/c19-15-8-4-7-12(16(15)20)9-10-21-18(24)14-11-22-23-17(14)13-5-2-1-3-6-13/h1-8,11H,9-10H2,(H,21,24)(H,22,23).